The molecule has 0 amide bonds. The molecule has 0 aliphatic heterocycles. The maximum Gasteiger partial charge on any atom is 0.115 e. The van der Waals surface area contributed by atoms with Gasteiger partial charge in [0, 0.05) is 23.5 Å². The third kappa shape index (κ3) is 3.26. The summed E-state index contributed by atoms with van der Waals surface area (Å²) in [6.45, 7) is 0. The molecule has 3 heteroatoms. The van der Waals surface area contributed by atoms with E-state index in [-0.39, 0.29) is 5.75 Å². The lowest BCUT2D eigenvalue weighted by molar-refractivity contribution is 0.475. The predicted molar refractivity (Wildman–Crippen MR) is 100 cm³/mol. The van der Waals surface area contributed by atoms with E-state index in [1.165, 1.54) is 0 Å². The van der Waals surface area contributed by atoms with Crippen LogP contribution in [0.3, 0.4) is 0 Å². The molecule has 1 N–H and O–H groups in total. The average Bonchev–Trinajstić information content (AvgIpc) is 2.69. The van der Waals surface area contributed by atoms with E-state index in [4.69, 9.17) is 4.98 Å². The number of benzene rings is 2. The Morgan fingerprint density at radius 3 is 1.96 bits per heavy atom. The van der Waals surface area contributed by atoms with Crippen molar-refractivity contribution in [1.82, 2.24) is 9.97 Å². The van der Waals surface area contributed by atoms with Crippen LogP contribution in [0.5, 0.6) is 5.75 Å². The van der Waals surface area contributed by atoms with E-state index in [1.807, 2.05) is 48.7 Å². The Morgan fingerprint density at radius 2 is 1.28 bits per heavy atom. The van der Waals surface area contributed by atoms with Crippen molar-refractivity contribution >= 4 is 0 Å². The SMILES string of the molecule is Oc1ccc(-c2cc(-c3ccccc3)cc(-c3cccnc3)n2)cc1. The van der Waals surface area contributed by atoms with Crippen LogP contribution in [0.2, 0.25) is 0 Å². The van der Waals surface area contributed by atoms with Gasteiger partial charge in [-0.2, -0.15) is 0 Å². The number of pyridine rings is 2. The Morgan fingerprint density at radius 1 is 0.600 bits per heavy atom. The molecule has 0 spiro atoms. The monoisotopic (exact) mass is 324 g/mol. The number of hydrogen-bond donors (Lipinski definition) is 1. The lowest BCUT2D eigenvalue weighted by Gasteiger charge is -2.10. The number of phenols is 1. The molecular weight excluding hydrogens is 308 g/mol. The van der Waals surface area contributed by atoms with E-state index < -0.39 is 0 Å². The average molecular weight is 324 g/mol. The Balaban J connectivity index is 1.90. The number of hydrogen-bond acceptors (Lipinski definition) is 3. The second-order valence-electron chi connectivity index (χ2n) is 5.78. The molecule has 0 unspecified atom stereocenters. The molecule has 0 saturated heterocycles. The summed E-state index contributed by atoms with van der Waals surface area (Å²) in [5, 5.41) is 9.54. The van der Waals surface area contributed by atoms with E-state index >= 15 is 0 Å². The molecule has 2 aromatic heterocycles. The highest BCUT2D eigenvalue weighted by Crippen LogP contribution is 2.30. The fourth-order valence-electron chi connectivity index (χ4n) is 2.77. The summed E-state index contributed by atoms with van der Waals surface area (Å²) in [5.74, 6) is 0.246. The first-order valence-corrected chi connectivity index (χ1v) is 8.07. The van der Waals surface area contributed by atoms with Gasteiger partial charge in [-0.3, -0.25) is 4.98 Å². The Labute approximate surface area is 146 Å². The van der Waals surface area contributed by atoms with E-state index in [1.54, 1.807) is 18.3 Å². The van der Waals surface area contributed by atoms with Crippen LogP contribution in [0, 0.1) is 0 Å². The molecule has 25 heavy (non-hydrogen) atoms. The van der Waals surface area contributed by atoms with Gasteiger partial charge in [-0.1, -0.05) is 30.3 Å². The molecule has 0 radical (unpaired) electrons. The van der Waals surface area contributed by atoms with Crippen LogP contribution in [0.1, 0.15) is 0 Å². The van der Waals surface area contributed by atoms with E-state index in [0.29, 0.717) is 0 Å². The van der Waals surface area contributed by atoms with Gasteiger partial charge in [-0.15, -0.1) is 0 Å². The van der Waals surface area contributed by atoms with Crippen molar-refractivity contribution in [3.05, 3.63) is 91.3 Å². The summed E-state index contributed by atoms with van der Waals surface area (Å²) in [4.78, 5) is 9.01. The first kappa shape index (κ1) is 15.1. The highest BCUT2D eigenvalue weighted by atomic mass is 16.3. The third-order valence-corrected chi connectivity index (χ3v) is 4.05. The molecule has 3 nitrogen and oxygen atoms in total. The lowest BCUT2D eigenvalue weighted by atomic mass is 10.0. The number of aromatic hydroxyl groups is 1. The quantitative estimate of drug-likeness (QED) is 0.564. The van der Waals surface area contributed by atoms with E-state index in [2.05, 4.69) is 29.2 Å². The van der Waals surface area contributed by atoms with Crippen molar-refractivity contribution in [2.75, 3.05) is 0 Å². The Hall–Kier alpha value is -3.46. The summed E-state index contributed by atoms with van der Waals surface area (Å²) in [6.07, 6.45) is 3.57. The maximum atomic E-state index is 9.54. The molecule has 4 rings (SSSR count). The molecule has 2 aromatic carbocycles. The summed E-state index contributed by atoms with van der Waals surface area (Å²) >= 11 is 0. The zero-order valence-corrected chi connectivity index (χ0v) is 13.5. The van der Waals surface area contributed by atoms with Crippen molar-refractivity contribution in [1.29, 1.82) is 0 Å². The van der Waals surface area contributed by atoms with Crippen LogP contribution < -0.4 is 0 Å². The zero-order valence-electron chi connectivity index (χ0n) is 13.5. The van der Waals surface area contributed by atoms with Gasteiger partial charge in [0.1, 0.15) is 5.75 Å². The van der Waals surface area contributed by atoms with E-state index in [9.17, 15) is 5.11 Å². The largest absolute Gasteiger partial charge is 0.508 e. The van der Waals surface area contributed by atoms with Crippen LogP contribution in [-0.4, -0.2) is 15.1 Å². The van der Waals surface area contributed by atoms with Gasteiger partial charge in [0.15, 0.2) is 0 Å². The van der Waals surface area contributed by atoms with Crippen molar-refractivity contribution in [3.8, 4) is 39.4 Å². The van der Waals surface area contributed by atoms with Gasteiger partial charge < -0.3 is 5.11 Å². The minimum atomic E-state index is 0.246. The highest BCUT2D eigenvalue weighted by Gasteiger charge is 2.09. The summed E-state index contributed by atoms with van der Waals surface area (Å²) < 4.78 is 0. The van der Waals surface area contributed by atoms with Crippen LogP contribution in [-0.2, 0) is 0 Å². The molecule has 0 atom stereocenters. The number of rotatable bonds is 3. The minimum absolute atomic E-state index is 0.246. The van der Waals surface area contributed by atoms with Gasteiger partial charge in [0.25, 0.3) is 0 Å². The second kappa shape index (κ2) is 6.57. The van der Waals surface area contributed by atoms with Gasteiger partial charge in [0.05, 0.1) is 11.4 Å². The van der Waals surface area contributed by atoms with Gasteiger partial charge in [-0.05, 0) is 59.7 Å². The van der Waals surface area contributed by atoms with Crippen LogP contribution in [0.4, 0.5) is 0 Å². The van der Waals surface area contributed by atoms with E-state index in [0.717, 1.165) is 33.6 Å². The molecule has 0 aliphatic rings. The van der Waals surface area contributed by atoms with Crippen molar-refractivity contribution < 1.29 is 5.11 Å². The summed E-state index contributed by atoms with van der Waals surface area (Å²) in [7, 11) is 0. The lowest BCUT2D eigenvalue weighted by Crippen LogP contribution is -1.91. The number of nitrogens with zero attached hydrogens (tertiary/aromatic N) is 2. The molecule has 2 heterocycles. The third-order valence-electron chi connectivity index (χ3n) is 4.05. The molecule has 0 bridgehead atoms. The van der Waals surface area contributed by atoms with Crippen LogP contribution in [0.25, 0.3) is 33.6 Å². The first-order valence-electron chi connectivity index (χ1n) is 8.07. The van der Waals surface area contributed by atoms with Crippen molar-refractivity contribution in [2.45, 2.75) is 0 Å². The predicted octanol–water partition coefficient (Wildman–Crippen LogP) is 5.18. The van der Waals surface area contributed by atoms with Crippen molar-refractivity contribution in [2.24, 2.45) is 0 Å². The van der Waals surface area contributed by atoms with Crippen LogP contribution >= 0.6 is 0 Å². The molecule has 0 aliphatic carbocycles. The standard InChI is InChI=1S/C22H16N2O/c25-20-10-8-17(9-11-20)21-13-19(16-5-2-1-3-6-16)14-22(24-21)18-7-4-12-23-15-18/h1-15,25H. The minimum Gasteiger partial charge on any atom is -0.508 e. The fraction of sp³-hybridized carbons (Fsp3) is 0. The van der Waals surface area contributed by atoms with Gasteiger partial charge in [0.2, 0.25) is 0 Å². The normalized spacial score (nSPS) is 10.6. The summed E-state index contributed by atoms with van der Waals surface area (Å²) in [5.41, 5.74) is 5.89. The molecule has 0 fully saturated rings. The smallest absolute Gasteiger partial charge is 0.115 e. The van der Waals surface area contributed by atoms with Gasteiger partial charge in [-0.25, -0.2) is 4.98 Å². The second-order valence-corrected chi connectivity index (χ2v) is 5.78. The number of aromatic nitrogens is 2. The maximum absolute atomic E-state index is 9.54. The van der Waals surface area contributed by atoms with Crippen LogP contribution in [0.15, 0.2) is 91.3 Å². The van der Waals surface area contributed by atoms with Gasteiger partial charge >= 0.3 is 0 Å². The molecule has 120 valence electrons. The molecule has 0 saturated carbocycles. The summed E-state index contributed by atoms with van der Waals surface area (Å²) in [6, 6.07) is 25.4. The number of phenolic OH excluding ortho intramolecular Hbond substituents is 1. The molecule has 4 aromatic rings. The van der Waals surface area contributed by atoms with Crippen molar-refractivity contribution in [3.63, 3.8) is 0 Å². The highest BCUT2D eigenvalue weighted by molar-refractivity contribution is 5.76. The first-order chi connectivity index (χ1) is 12.3. The fourth-order valence-corrected chi connectivity index (χ4v) is 2.77. The Kier molecular flexibility index (Phi) is 3.97. The molecular formula is C22H16N2O. The zero-order chi connectivity index (χ0) is 17.1. The Bertz CT molecular complexity index is 924. The topological polar surface area (TPSA) is 46.0 Å².